The molecule has 0 fully saturated rings. The van der Waals surface area contributed by atoms with Gasteiger partial charge in [0.25, 0.3) is 0 Å². The first-order valence-electron chi connectivity index (χ1n) is 7.04. The van der Waals surface area contributed by atoms with Crippen molar-refractivity contribution in [3.05, 3.63) is 30.5 Å². The van der Waals surface area contributed by atoms with Gasteiger partial charge in [0.1, 0.15) is 12.1 Å². The van der Waals surface area contributed by atoms with Gasteiger partial charge in [0.15, 0.2) is 0 Å². The molecule has 0 radical (unpaired) electrons. The van der Waals surface area contributed by atoms with Gasteiger partial charge in [-0.15, -0.1) is 0 Å². The first-order chi connectivity index (χ1) is 10.0. The van der Waals surface area contributed by atoms with E-state index >= 15 is 0 Å². The summed E-state index contributed by atoms with van der Waals surface area (Å²) in [5.74, 6) is -0.780. The van der Waals surface area contributed by atoms with E-state index in [9.17, 15) is 9.59 Å². The fourth-order valence-electron chi connectivity index (χ4n) is 2.43. The molecule has 0 unspecified atom stereocenters. The average molecular weight is 288 g/mol. The maximum atomic E-state index is 12.2. The molecule has 1 aromatic carbocycles. The SMILES string of the molecule is CCC(CC)(NC(=O)Cn1ncc2ccccc21)C(N)=O. The summed E-state index contributed by atoms with van der Waals surface area (Å²) < 4.78 is 1.61. The lowest BCUT2D eigenvalue weighted by Gasteiger charge is -2.29. The van der Waals surface area contributed by atoms with Crippen molar-refractivity contribution in [1.82, 2.24) is 15.1 Å². The number of primary amides is 1. The fourth-order valence-corrected chi connectivity index (χ4v) is 2.43. The van der Waals surface area contributed by atoms with Crippen LogP contribution in [0.25, 0.3) is 10.9 Å². The lowest BCUT2D eigenvalue weighted by molar-refractivity contribution is -0.132. The second-order valence-corrected chi connectivity index (χ2v) is 5.06. The van der Waals surface area contributed by atoms with Gasteiger partial charge in [0.05, 0.1) is 11.7 Å². The lowest BCUT2D eigenvalue weighted by atomic mass is 9.92. The number of fused-ring (bicyclic) bond motifs is 1. The maximum absolute atomic E-state index is 12.2. The summed E-state index contributed by atoms with van der Waals surface area (Å²) in [4.78, 5) is 23.8. The van der Waals surface area contributed by atoms with Crippen molar-refractivity contribution in [3.8, 4) is 0 Å². The van der Waals surface area contributed by atoms with Crippen molar-refractivity contribution in [1.29, 1.82) is 0 Å². The fraction of sp³-hybridized carbons (Fsp3) is 0.400. The second-order valence-electron chi connectivity index (χ2n) is 5.06. The number of nitrogens with two attached hydrogens (primary N) is 1. The molecule has 0 spiro atoms. The van der Waals surface area contributed by atoms with Crippen molar-refractivity contribution in [3.63, 3.8) is 0 Å². The quantitative estimate of drug-likeness (QED) is 0.836. The van der Waals surface area contributed by atoms with Gasteiger partial charge in [-0.2, -0.15) is 5.10 Å². The number of carbonyl (C=O) groups is 2. The van der Waals surface area contributed by atoms with Gasteiger partial charge in [0.2, 0.25) is 11.8 Å². The Balaban J connectivity index is 2.16. The minimum Gasteiger partial charge on any atom is -0.368 e. The van der Waals surface area contributed by atoms with Crippen molar-refractivity contribution in [2.24, 2.45) is 5.73 Å². The summed E-state index contributed by atoms with van der Waals surface area (Å²) in [6, 6.07) is 7.64. The molecule has 0 aliphatic carbocycles. The largest absolute Gasteiger partial charge is 0.368 e. The Morgan fingerprint density at radius 2 is 1.95 bits per heavy atom. The molecule has 2 rings (SSSR count). The third-order valence-corrected chi connectivity index (χ3v) is 3.90. The number of carbonyl (C=O) groups excluding carboxylic acids is 2. The van der Waals surface area contributed by atoms with Crippen LogP contribution in [0.2, 0.25) is 0 Å². The molecule has 2 aromatic rings. The monoisotopic (exact) mass is 288 g/mol. The number of nitrogens with one attached hydrogen (secondary N) is 1. The Morgan fingerprint density at radius 1 is 1.29 bits per heavy atom. The molecule has 6 heteroatoms. The summed E-state index contributed by atoms with van der Waals surface area (Å²) in [7, 11) is 0. The summed E-state index contributed by atoms with van der Waals surface area (Å²) in [5, 5.41) is 7.93. The number of para-hydroxylation sites is 1. The third-order valence-electron chi connectivity index (χ3n) is 3.90. The molecular formula is C15H20N4O2. The van der Waals surface area contributed by atoms with E-state index in [1.54, 1.807) is 10.9 Å². The van der Waals surface area contributed by atoms with Crippen LogP contribution in [0.15, 0.2) is 30.5 Å². The van der Waals surface area contributed by atoms with Crippen LogP contribution in [-0.2, 0) is 16.1 Å². The van der Waals surface area contributed by atoms with E-state index in [0.29, 0.717) is 12.8 Å². The highest BCUT2D eigenvalue weighted by Crippen LogP contribution is 2.16. The molecule has 112 valence electrons. The van der Waals surface area contributed by atoms with Crippen LogP contribution in [0.4, 0.5) is 0 Å². The summed E-state index contributed by atoms with van der Waals surface area (Å²) in [5.41, 5.74) is 5.32. The Morgan fingerprint density at radius 3 is 2.57 bits per heavy atom. The van der Waals surface area contributed by atoms with Gasteiger partial charge in [-0.3, -0.25) is 14.3 Å². The molecule has 21 heavy (non-hydrogen) atoms. The Bertz CT molecular complexity index is 658. The van der Waals surface area contributed by atoms with Crippen LogP contribution < -0.4 is 11.1 Å². The number of hydrogen-bond acceptors (Lipinski definition) is 3. The smallest absolute Gasteiger partial charge is 0.243 e. The topological polar surface area (TPSA) is 90.0 Å². The number of hydrogen-bond donors (Lipinski definition) is 2. The summed E-state index contributed by atoms with van der Waals surface area (Å²) in [6.45, 7) is 3.72. The zero-order valence-electron chi connectivity index (χ0n) is 12.3. The van der Waals surface area contributed by atoms with Crippen LogP contribution in [0.1, 0.15) is 26.7 Å². The van der Waals surface area contributed by atoms with E-state index in [-0.39, 0.29) is 12.5 Å². The van der Waals surface area contributed by atoms with E-state index in [1.807, 2.05) is 38.1 Å². The predicted molar refractivity (Wildman–Crippen MR) is 80.4 cm³/mol. The molecule has 0 saturated carbocycles. The van der Waals surface area contributed by atoms with Gasteiger partial charge in [0, 0.05) is 5.39 Å². The second kappa shape index (κ2) is 5.95. The van der Waals surface area contributed by atoms with Crippen LogP contribution in [-0.4, -0.2) is 27.1 Å². The lowest BCUT2D eigenvalue weighted by Crippen LogP contribution is -2.57. The molecular weight excluding hydrogens is 268 g/mol. The third kappa shape index (κ3) is 2.89. The standard InChI is InChI=1S/C15H20N4O2/c1-3-15(4-2,14(16)21)18-13(20)10-19-12-8-6-5-7-11(12)9-17-19/h5-9H,3-4,10H2,1-2H3,(H2,16,21)(H,18,20). The highest BCUT2D eigenvalue weighted by atomic mass is 16.2. The van der Waals surface area contributed by atoms with Crippen LogP contribution in [0, 0.1) is 0 Å². The van der Waals surface area contributed by atoms with Crippen molar-refractivity contribution >= 4 is 22.7 Å². The van der Waals surface area contributed by atoms with E-state index in [2.05, 4.69) is 10.4 Å². The average Bonchev–Trinajstić information content (AvgIpc) is 2.88. The minimum absolute atomic E-state index is 0.0581. The number of amides is 2. The molecule has 6 nitrogen and oxygen atoms in total. The highest BCUT2D eigenvalue weighted by molar-refractivity contribution is 5.90. The molecule has 0 atom stereocenters. The molecule has 0 aliphatic rings. The van der Waals surface area contributed by atoms with E-state index in [1.165, 1.54) is 0 Å². The number of benzene rings is 1. The summed E-state index contributed by atoms with van der Waals surface area (Å²) >= 11 is 0. The maximum Gasteiger partial charge on any atom is 0.243 e. The number of nitrogens with zero attached hydrogens (tertiary/aromatic N) is 2. The molecule has 3 N–H and O–H groups in total. The molecule has 0 aliphatic heterocycles. The van der Waals surface area contributed by atoms with Gasteiger partial charge >= 0.3 is 0 Å². The van der Waals surface area contributed by atoms with Crippen molar-refractivity contribution in [2.75, 3.05) is 0 Å². The highest BCUT2D eigenvalue weighted by Gasteiger charge is 2.34. The van der Waals surface area contributed by atoms with Crippen molar-refractivity contribution in [2.45, 2.75) is 38.8 Å². The number of rotatable bonds is 6. The Labute approximate surface area is 123 Å². The van der Waals surface area contributed by atoms with Gasteiger partial charge in [-0.25, -0.2) is 0 Å². The minimum atomic E-state index is -0.986. The molecule has 1 aromatic heterocycles. The molecule has 0 bridgehead atoms. The Hall–Kier alpha value is -2.37. The van der Waals surface area contributed by atoms with E-state index in [4.69, 9.17) is 5.73 Å². The van der Waals surface area contributed by atoms with E-state index < -0.39 is 11.4 Å². The first-order valence-corrected chi connectivity index (χ1v) is 7.04. The Kier molecular flexibility index (Phi) is 4.26. The molecule has 2 amide bonds. The van der Waals surface area contributed by atoms with E-state index in [0.717, 1.165) is 10.9 Å². The number of aromatic nitrogens is 2. The van der Waals surface area contributed by atoms with Crippen LogP contribution >= 0.6 is 0 Å². The zero-order chi connectivity index (χ0) is 15.5. The first kappa shape index (κ1) is 15.0. The summed E-state index contributed by atoms with van der Waals surface area (Å²) in [6.07, 6.45) is 2.64. The van der Waals surface area contributed by atoms with Gasteiger partial charge < -0.3 is 11.1 Å². The predicted octanol–water partition coefficient (Wildman–Crippen LogP) is 1.20. The van der Waals surface area contributed by atoms with Crippen LogP contribution in [0.5, 0.6) is 0 Å². The molecule has 1 heterocycles. The van der Waals surface area contributed by atoms with Gasteiger partial charge in [-0.05, 0) is 18.9 Å². The molecule has 0 saturated heterocycles. The van der Waals surface area contributed by atoms with Gasteiger partial charge in [-0.1, -0.05) is 32.0 Å². The van der Waals surface area contributed by atoms with Crippen molar-refractivity contribution < 1.29 is 9.59 Å². The zero-order valence-corrected chi connectivity index (χ0v) is 12.3. The van der Waals surface area contributed by atoms with Crippen LogP contribution in [0.3, 0.4) is 0 Å². The normalized spacial score (nSPS) is 11.5.